The zero-order valence-corrected chi connectivity index (χ0v) is 16.0. The van der Waals surface area contributed by atoms with E-state index in [1.807, 2.05) is 6.07 Å². The summed E-state index contributed by atoms with van der Waals surface area (Å²) in [6.45, 7) is 0.206. The van der Waals surface area contributed by atoms with E-state index in [0.29, 0.717) is 17.9 Å². The Morgan fingerprint density at radius 1 is 1.27 bits per heavy atom. The van der Waals surface area contributed by atoms with Crippen LogP contribution in [0.25, 0.3) is 0 Å². The fourth-order valence-corrected chi connectivity index (χ4v) is 3.71. The number of nitrogens with zero attached hydrogens (tertiary/aromatic N) is 1. The molecule has 0 aliphatic rings. The number of nitrogens with one attached hydrogen (secondary N) is 1. The van der Waals surface area contributed by atoms with Crippen molar-refractivity contribution in [2.75, 3.05) is 13.7 Å². The molecule has 1 aromatic carbocycles. The van der Waals surface area contributed by atoms with E-state index < -0.39 is 10.0 Å². The second kappa shape index (κ2) is 9.66. The molecule has 0 aliphatic heterocycles. The predicted molar refractivity (Wildman–Crippen MR) is 99.5 cm³/mol. The van der Waals surface area contributed by atoms with E-state index >= 15 is 0 Å². The normalized spacial score (nSPS) is 12.5. The third kappa shape index (κ3) is 6.09. The van der Waals surface area contributed by atoms with Gasteiger partial charge in [0, 0.05) is 30.4 Å². The van der Waals surface area contributed by atoms with Gasteiger partial charge in [0.15, 0.2) is 0 Å². The smallest absolute Gasteiger partial charge is 0.305 e. The molecule has 2 rings (SSSR count). The summed E-state index contributed by atoms with van der Waals surface area (Å²) in [7, 11) is -2.30. The topological polar surface area (TPSA) is 85.4 Å². The number of halogens is 1. The molecule has 0 saturated heterocycles. The summed E-state index contributed by atoms with van der Waals surface area (Å²) < 4.78 is 32.2. The van der Waals surface area contributed by atoms with E-state index in [0.717, 1.165) is 5.56 Å². The molecule has 1 unspecified atom stereocenters. The van der Waals surface area contributed by atoms with E-state index in [2.05, 4.69) is 14.4 Å². The summed E-state index contributed by atoms with van der Waals surface area (Å²) in [5, 5.41) is 0.472. The van der Waals surface area contributed by atoms with E-state index in [4.69, 9.17) is 11.6 Å². The molecule has 0 spiro atoms. The lowest BCUT2D eigenvalue weighted by molar-refractivity contribution is -0.140. The van der Waals surface area contributed by atoms with Crippen molar-refractivity contribution in [2.45, 2.75) is 30.1 Å². The van der Waals surface area contributed by atoms with Gasteiger partial charge < -0.3 is 4.74 Å². The number of benzene rings is 1. The molecule has 0 saturated carbocycles. The molecule has 26 heavy (non-hydrogen) atoms. The maximum absolute atomic E-state index is 12.5. The van der Waals surface area contributed by atoms with Gasteiger partial charge in [0.05, 0.1) is 12.0 Å². The molecule has 1 atom stereocenters. The lowest BCUT2D eigenvalue weighted by Gasteiger charge is -2.18. The number of sulfonamides is 1. The molecule has 6 nitrogen and oxygen atoms in total. The first-order chi connectivity index (χ1) is 12.4. The number of hydrogen-bond acceptors (Lipinski definition) is 5. The number of ether oxygens (including phenoxy) is 1. The van der Waals surface area contributed by atoms with E-state index in [-0.39, 0.29) is 29.7 Å². The Balaban J connectivity index is 2.06. The third-order valence-corrected chi connectivity index (χ3v) is 5.65. The summed E-state index contributed by atoms with van der Waals surface area (Å²) in [5.74, 6) is -0.382. The van der Waals surface area contributed by atoms with Crippen LogP contribution in [0.5, 0.6) is 0 Å². The maximum atomic E-state index is 12.5. The van der Waals surface area contributed by atoms with Crippen LogP contribution < -0.4 is 4.72 Å². The van der Waals surface area contributed by atoms with Gasteiger partial charge in [-0.05, 0) is 54.7 Å². The lowest BCUT2D eigenvalue weighted by atomic mass is 9.95. The van der Waals surface area contributed by atoms with Crippen LogP contribution in [-0.2, 0) is 19.6 Å². The van der Waals surface area contributed by atoms with Crippen LogP contribution in [-0.4, -0.2) is 33.0 Å². The number of rotatable bonds is 9. The Labute approximate surface area is 158 Å². The van der Waals surface area contributed by atoms with Crippen molar-refractivity contribution in [1.82, 2.24) is 9.71 Å². The molecule has 1 N–H and O–H groups in total. The molecule has 1 heterocycles. The molecule has 8 heteroatoms. The summed E-state index contributed by atoms with van der Waals surface area (Å²) in [4.78, 5) is 15.6. The molecule has 0 bridgehead atoms. The third-order valence-electron chi connectivity index (χ3n) is 3.96. The van der Waals surface area contributed by atoms with Crippen molar-refractivity contribution in [3.05, 3.63) is 59.4 Å². The van der Waals surface area contributed by atoms with Crippen LogP contribution >= 0.6 is 11.6 Å². The van der Waals surface area contributed by atoms with Gasteiger partial charge in [-0.1, -0.05) is 17.7 Å². The van der Waals surface area contributed by atoms with Crippen LogP contribution in [0, 0.1) is 0 Å². The van der Waals surface area contributed by atoms with Crippen molar-refractivity contribution >= 4 is 27.6 Å². The fourth-order valence-electron chi connectivity index (χ4n) is 2.51. The number of esters is 1. The van der Waals surface area contributed by atoms with Gasteiger partial charge in [-0.3, -0.25) is 9.78 Å². The number of methoxy groups -OCH3 is 1. The van der Waals surface area contributed by atoms with Gasteiger partial charge >= 0.3 is 5.97 Å². The molecule has 0 amide bonds. The van der Waals surface area contributed by atoms with E-state index in [1.165, 1.54) is 31.4 Å². The highest BCUT2D eigenvalue weighted by Gasteiger charge is 2.19. The second-order valence-electron chi connectivity index (χ2n) is 5.76. The number of carbonyl (C=O) groups is 1. The average molecular weight is 397 g/mol. The quantitative estimate of drug-likeness (QED) is 0.658. The molecular formula is C18H21ClN2O4S. The largest absolute Gasteiger partial charge is 0.469 e. The standard InChI is InChI=1S/C18H21ClN2O4S/c1-25-18(22)6-2-4-15(14-5-3-11-20-12-14)13-21-26(23,24)17-9-7-16(19)8-10-17/h3,5,7-12,15,21H,2,4,6,13H2,1H3. The monoisotopic (exact) mass is 396 g/mol. The summed E-state index contributed by atoms with van der Waals surface area (Å²) in [6, 6.07) is 9.68. The average Bonchev–Trinajstić information content (AvgIpc) is 2.65. The highest BCUT2D eigenvalue weighted by Crippen LogP contribution is 2.22. The van der Waals surface area contributed by atoms with Crippen LogP contribution in [0.4, 0.5) is 0 Å². The predicted octanol–water partition coefficient (Wildman–Crippen LogP) is 3.14. The minimum atomic E-state index is -3.65. The number of aromatic nitrogens is 1. The second-order valence-corrected chi connectivity index (χ2v) is 7.96. The number of pyridine rings is 1. The Kier molecular flexibility index (Phi) is 7.56. The van der Waals surface area contributed by atoms with Crippen LogP contribution in [0.15, 0.2) is 53.7 Å². The zero-order chi connectivity index (χ0) is 19.0. The summed E-state index contributed by atoms with van der Waals surface area (Å²) in [6.07, 6.45) is 4.88. The lowest BCUT2D eigenvalue weighted by Crippen LogP contribution is -2.28. The molecule has 0 aliphatic carbocycles. The number of carbonyl (C=O) groups excluding carboxylic acids is 1. The van der Waals surface area contributed by atoms with Gasteiger partial charge in [0.2, 0.25) is 10.0 Å². The van der Waals surface area contributed by atoms with Crippen LogP contribution in [0.1, 0.15) is 30.7 Å². The van der Waals surface area contributed by atoms with Gasteiger partial charge in [-0.2, -0.15) is 0 Å². The molecule has 0 fully saturated rings. The summed E-state index contributed by atoms with van der Waals surface area (Å²) in [5.41, 5.74) is 0.913. The van der Waals surface area contributed by atoms with Crippen molar-refractivity contribution in [3.8, 4) is 0 Å². The minimum Gasteiger partial charge on any atom is -0.469 e. The van der Waals surface area contributed by atoms with Gasteiger partial charge in [-0.25, -0.2) is 13.1 Å². The first kappa shape index (κ1) is 20.4. The Bertz CT molecular complexity index is 811. The minimum absolute atomic E-state index is 0.101. The molecule has 0 radical (unpaired) electrons. The number of hydrogen-bond donors (Lipinski definition) is 1. The Morgan fingerprint density at radius 3 is 2.62 bits per heavy atom. The Hall–Kier alpha value is -1.96. The van der Waals surface area contributed by atoms with Crippen molar-refractivity contribution in [3.63, 3.8) is 0 Å². The van der Waals surface area contributed by atoms with Crippen molar-refractivity contribution in [1.29, 1.82) is 0 Å². The molecular weight excluding hydrogens is 376 g/mol. The van der Waals surface area contributed by atoms with Crippen molar-refractivity contribution in [2.24, 2.45) is 0 Å². The van der Waals surface area contributed by atoms with E-state index in [9.17, 15) is 13.2 Å². The fraction of sp³-hybridized carbons (Fsp3) is 0.333. The summed E-state index contributed by atoms with van der Waals surface area (Å²) >= 11 is 5.80. The SMILES string of the molecule is COC(=O)CCCC(CNS(=O)(=O)c1ccc(Cl)cc1)c1cccnc1. The van der Waals surface area contributed by atoms with Crippen LogP contribution in [0.2, 0.25) is 5.02 Å². The first-order valence-electron chi connectivity index (χ1n) is 8.14. The van der Waals surface area contributed by atoms with E-state index in [1.54, 1.807) is 18.5 Å². The van der Waals surface area contributed by atoms with Gasteiger partial charge in [0.1, 0.15) is 0 Å². The van der Waals surface area contributed by atoms with Crippen molar-refractivity contribution < 1.29 is 17.9 Å². The van der Waals surface area contributed by atoms with Gasteiger partial charge in [0.25, 0.3) is 0 Å². The Morgan fingerprint density at radius 2 is 2.00 bits per heavy atom. The molecule has 2 aromatic rings. The zero-order valence-electron chi connectivity index (χ0n) is 14.4. The highest BCUT2D eigenvalue weighted by atomic mass is 35.5. The first-order valence-corrected chi connectivity index (χ1v) is 10.0. The highest BCUT2D eigenvalue weighted by molar-refractivity contribution is 7.89. The van der Waals surface area contributed by atoms with Gasteiger partial charge in [-0.15, -0.1) is 0 Å². The maximum Gasteiger partial charge on any atom is 0.305 e. The molecule has 140 valence electrons. The van der Waals surface area contributed by atoms with Crippen LogP contribution in [0.3, 0.4) is 0 Å². The molecule has 1 aromatic heterocycles.